The Balaban J connectivity index is 2.74. The molecule has 2 atom stereocenters. The number of terminal acetylenes is 1. The van der Waals surface area contributed by atoms with E-state index in [0.29, 0.717) is 19.6 Å². The topological polar surface area (TPSA) is 66.8 Å². The highest BCUT2D eigenvalue weighted by Crippen LogP contribution is 2.21. The van der Waals surface area contributed by atoms with Gasteiger partial charge in [0.05, 0.1) is 19.3 Å². The number of hydrogen-bond donors (Lipinski definition) is 1. The number of aliphatic carboxylic acids is 1. The molecule has 1 aliphatic rings. The average molecular weight is 253 g/mol. The van der Waals surface area contributed by atoms with Crippen LogP contribution in [0.4, 0.5) is 0 Å². The van der Waals surface area contributed by atoms with Gasteiger partial charge in [-0.05, 0) is 6.42 Å². The molecule has 5 nitrogen and oxygen atoms in total. The Kier molecular flexibility index (Phi) is 5.66. The number of carboxylic acid groups (broad SMARTS) is 1. The molecule has 1 heterocycles. The number of hydrogen-bond acceptors (Lipinski definition) is 3. The lowest BCUT2D eigenvalue weighted by molar-refractivity contribution is -0.145. The van der Waals surface area contributed by atoms with Crippen molar-refractivity contribution in [2.24, 2.45) is 5.92 Å². The van der Waals surface area contributed by atoms with E-state index in [2.05, 4.69) is 5.92 Å². The molecular weight excluding hydrogens is 234 g/mol. The van der Waals surface area contributed by atoms with Crippen LogP contribution in [0.2, 0.25) is 0 Å². The number of rotatable bonds is 6. The van der Waals surface area contributed by atoms with Gasteiger partial charge in [-0.2, -0.15) is 0 Å². The Bertz CT molecular complexity index is 347. The van der Waals surface area contributed by atoms with Crippen molar-refractivity contribution in [1.82, 2.24) is 4.90 Å². The summed E-state index contributed by atoms with van der Waals surface area (Å²) in [6.45, 7) is 2.95. The van der Waals surface area contributed by atoms with Crippen molar-refractivity contribution in [2.75, 3.05) is 19.8 Å². The minimum absolute atomic E-state index is 0.0865. The number of ether oxygens (including phenoxy) is 1. The minimum atomic E-state index is -0.914. The summed E-state index contributed by atoms with van der Waals surface area (Å²) in [5, 5.41) is 9.11. The number of nitrogens with zero attached hydrogens (tertiary/aromatic N) is 1. The highest BCUT2D eigenvalue weighted by atomic mass is 16.5. The first-order valence-electron chi connectivity index (χ1n) is 6.15. The fraction of sp³-hybridized carbons (Fsp3) is 0.692. The van der Waals surface area contributed by atoms with Crippen LogP contribution in [0, 0.1) is 18.3 Å². The van der Waals surface area contributed by atoms with Crippen LogP contribution in [0.3, 0.4) is 0 Å². The van der Waals surface area contributed by atoms with Gasteiger partial charge in [0.1, 0.15) is 5.92 Å². The average Bonchev–Trinajstić information content (AvgIpc) is 2.81. The van der Waals surface area contributed by atoms with Gasteiger partial charge in [-0.1, -0.05) is 6.92 Å². The normalized spacial score (nSPS) is 22.4. The Hall–Kier alpha value is -1.54. The number of carbonyl (C=O) groups excluding carboxylic acids is 1. The van der Waals surface area contributed by atoms with Crippen LogP contribution in [0.25, 0.3) is 0 Å². The standard InChI is InChI=1S/C13H19NO4/c1-3-5-6-12(15)14(7-4-2)11-9-18-8-10(11)13(16)17/h1,10-11H,4-9H2,2H3,(H,16,17). The molecule has 0 aromatic heterocycles. The first-order chi connectivity index (χ1) is 8.61. The number of amides is 1. The van der Waals surface area contributed by atoms with Crippen molar-refractivity contribution >= 4 is 11.9 Å². The molecule has 2 unspecified atom stereocenters. The Morgan fingerprint density at radius 3 is 2.78 bits per heavy atom. The lowest BCUT2D eigenvalue weighted by atomic mass is 10.0. The molecule has 18 heavy (non-hydrogen) atoms. The van der Waals surface area contributed by atoms with E-state index in [1.54, 1.807) is 4.90 Å². The summed E-state index contributed by atoms with van der Waals surface area (Å²) in [6, 6.07) is -0.368. The second-order valence-electron chi connectivity index (χ2n) is 4.34. The smallest absolute Gasteiger partial charge is 0.311 e. The lowest BCUT2D eigenvalue weighted by Gasteiger charge is -2.30. The van der Waals surface area contributed by atoms with Gasteiger partial charge in [0.2, 0.25) is 5.91 Å². The Morgan fingerprint density at radius 2 is 2.22 bits per heavy atom. The third-order valence-electron chi connectivity index (χ3n) is 3.04. The second kappa shape index (κ2) is 7.02. The molecule has 1 fully saturated rings. The van der Waals surface area contributed by atoms with Gasteiger partial charge < -0.3 is 14.7 Å². The molecule has 0 spiro atoms. The van der Waals surface area contributed by atoms with E-state index in [-0.39, 0.29) is 25.0 Å². The summed E-state index contributed by atoms with van der Waals surface area (Å²) in [7, 11) is 0. The van der Waals surface area contributed by atoms with Crippen molar-refractivity contribution in [1.29, 1.82) is 0 Å². The highest BCUT2D eigenvalue weighted by Gasteiger charge is 2.39. The largest absolute Gasteiger partial charge is 0.481 e. The van der Waals surface area contributed by atoms with Crippen LogP contribution in [0.1, 0.15) is 26.2 Å². The first kappa shape index (κ1) is 14.5. The third-order valence-corrected chi connectivity index (χ3v) is 3.04. The van der Waals surface area contributed by atoms with E-state index in [0.717, 1.165) is 6.42 Å². The van der Waals surface area contributed by atoms with Gasteiger partial charge in [-0.15, -0.1) is 12.3 Å². The molecule has 1 aliphatic heterocycles. The fourth-order valence-corrected chi connectivity index (χ4v) is 2.13. The van der Waals surface area contributed by atoms with Gasteiger partial charge in [0.15, 0.2) is 0 Å². The maximum atomic E-state index is 12.0. The predicted molar refractivity (Wildman–Crippen MR) is 65.8 cm³/mol. The molecule has 1 amide bonds. The van der Waals surface area contributed by atoms with Crippen molar-refractivity contribution in [3.63, 3.8) is 0 Å². The summed E-state index contributed by atoms with van der Waals surface area (Å²) in [6.07, 6.45) is 6.57. The Morgan fingerprint density at radius 1 is 1.50 bits per heavy atom. The van der Waals surface area contributed by atoms with Gasteiger partial charge in [-0.25, -0.2) is 0 Å². The molecule has 1 saturated heterocycles. The molecule has 100 valence electrons. The minimum Gasteiger partial charge on any atom is -0.481 e. The van der Waals surface area contributed by atoms with Crippen molar-refractivity contribution < 1.29 is 19.4 Å². The van der Waals surface area contributed by atoms with Crippen LogP contribution in [0.5, 0.6) is 0 Å². The SMILES string of the molecule is C#CCCC(=O)N(CCC)C1COCC1C(=O)O. The molecule has 0 saturated carbocycles. The molecule has 0 aromatic carbocycles. The number of carboxylic acids is 1. The molecule has 1 rings (SSSR count). The van der Waals surface area contributed by atoms with Gasteiger partial charge in [0.25, 0.3) is 0 Å². The maximum absolute atomic E-state index is 12.0. The summed E-state index contributed by atoms with van der Waals surface area (Å²) >= 11 is 0. The van der Waals surface area contributed by atoms with Crippen LogP contribution in [0.15, 0.2) is 0 Å². The maximum Gasteiger partial charge on any atom is 0.311 e. The third kappa shape index (κ3) is 3.47. The zero-order chi connectivity index (χ0) is 13.5. The van der Waals surface area contributed by atoms with Gasteiger partial charge in [0, 0.05) is 19.4 Å². The van der Waals surface area contributed by atoms with Gasteiger partial charge >= 0.3 is 5.97 Å². The Labute approximate surface area is 107 Å². The molecule has 1 N–H and O–H groups in total. The van der Waals surface area contributed by atoms with E-state index in [1.165, 1.54) is 0 Å². The molecule has 0 radical (unpaired) electrons. The molecule has 0 aromatic rings. The lowest BCUT2D eigenvalue weighted by Crippen LogP contribution is -2.46. The van der Waals surface area contributed by atoms with Crippen molar-refractivity contribution in [3.8, 4) is 12.3 Å². The zero-order valence-corrected chi connectivity index (χ0v) is 10.6. The van der Waals surface area contributed by atoms with E-state index >= 15 is 0 Å². The summed E-state index contributed by atoms with van der Waals surface area (Å²) in [4.78, 5) is 24.8. The van der Waals surface area contributed by atoms with Crippen molar-refractivity contribution in [2.45, 2.75) is 32.2 Å². The zero-order valence-electron chi connectivity index (χ0n) is 10.6. The molecule has 0 aliphatic carbocycles. The monoisotopic (exact) mass is 253 g/mol. The molecule has 0 bridgehead atoms. The fourth-order valence-electron chi connectivity index (χ4n) is 2.13. The van der Waals surface area contributed by atoms with Crippen LogP contribution < -0.4 is 0 Å². The van der Waals surface area contributed by atoms with Crippen molar-refractivity contribution in [3.05, 3.63) is 0 Å². The quantitative estimate of drug-likeness (QED) is 0.709. The summed E-state index contributed by atoms with van der Waals surface area (Å²) < 4.78 is 5.20. The van der Waals surface area contributed by atoms with Crippen LogP contribution in [-0.4, -0.2) is 47.7 Å². The van der Waals surface area contributed by atoms with Gasteiger partial charge in [-0.3, -0.25) is 9.59 Å². The summed E-state index contributed by atoms with van der Waals surface area (Å²) in [5.41, 5.74) is 0. The van der Waals surface area contributed by atoms with E-state index in [4.69, 9.17) is 16.3 Å². The molecular formula is C13H19NO4. The van der Waals surface area contributed by atoms with Crippen LogP contribution >= 0.6 is 0 Å². The van der Waals surface area contributed by atoms with Crippen LogP contribution in [-0.2, 0) is 14.3 Å². The highest BCUT2D eigenvalue weighted by molar-refractivity contribution is 5.78. The predicted octanol–water partition coefficient (Wildman–Crippen LogP) is 0.738. The number of carbonyl (C=O) groups is 2. The van der Waals surface area contributed by atoms with E-state index < -0.39 is 11.9 Å². The first-order valence-corrected chi connectivity index (χ1v) is 6.15. The second-order valence-corrected chi connectivity index (χ2v) is 4.34. The summed E-state index contributed by atoms with van der Waals surface area (Å²) in [5.74, 6) is 0.792. The molecule has 5 heteroatoms. The van der Waals surface area contributed by atoms with E-state index in [1.807, 2.05) is 6.92 Å². The van der Waals surface area contributed by atoms with E-state index in [9.17, 15) is 9.59 Å².